The molecule has 0 amide bonds. The molecule has 3 nitrogen and oxygen atoms in total. The van der Waals surface area contributed by atoms with Gasteiger partial charge in [0.2, 0.25) is 0 Å². The van der Waals surface area contributed by atoms with Gasteiger partial charge in [0.15, 0.2) is 5.78 Å². The van der Waals surface area contributed by atoms with Crippen molar-refractivity contribution in [3.05, 3.63) is 0 Å². The number of rotatable bonds is 6. The van der Waals surface area contributed by atoms with Crippen molar-refractivity contribution in [2.24, 2.45) is 0 Å². The molecule has 0 saturated heterocycles. The van der Waals surface area contributed by atoms with Gasteiger partial charge < -0.3 is 10.1 Å². The number of hydrogen-bond donors (Lipinski definition) is 1. The van der Waals surface area contributed by atoms with Crippen molar-refractivity contribution in [2.75, 3.05) is 13.2 Å². The van der Waals surface area contributed by atoms with Gasteiger partial charge in [-0.3, -0.25) is 4.79 Å². The van der Waals surface area contributed by atoms with Gasteiger partial charge in [0.25, 0.3) is 0 Å². The zero-order valence-corrected chi connectivity index (χ0v) is 9.92. The van der Waals surface area contributed by atoms with Crippen LogP contribution in [0.25, 0.3) is 0 Å². The molecule has 0 aliphatic heterocycles. The van der Waals surface area contributed by atoms with Crippen LogP contribution in [0.2, 0.25) is 0 Å². The van der Waals surface area contributed by atoms with Crippen molar-refractivity contribution in [3.63, 3.8) is 0 Å². The lowest BCUT2D eigenvalue weighted by Crippen LogP contribution is -2.32. The molecule has 15 heavy (non-hydrogen) atoms. The van der Waals surface area contributed by atoms with Gasteiger partial charge in [-0.15, -0.1) is 0 Å². The van der Waals surface area contributed by atoms with Crippen molar-refractivity contribution in [2.45, 2.75) is 58.1 Å². The Bertz CT molecular complexity index is 186. The third kappa shape index (κ3) is 5.90. The second kappa shape index (κ2) is 6.96. The number of ether oxygens (including phenoxy) is 1. The van der Waals surface area contributed by atoms with E-state index >= 15 is 0 Å². The Labute approximate surface area is 92.6 Å². The molecule has 0 heterocycles. The Hall–Kier alpha value is -0.410. The first-order valence-electron chi connectivity index (χ1n) is 6.05. The van der Waals surface area contributed by atoms with E-state index in [0.717, 1.165) is 12.8 Å². The fourth-order valence-corrected chi connectivity index (χ4v) is 1.81. The lowest BCUT2D eigenvalue weighted by Gasteiger charge is -2.21. The van der Waals surface area contributed by atoms with Gasteiger partial charge >= 0.3 is 0 Å². The molecule has 88 valence electrons. The van der Waals surface area contributed by atoms with E-state index in [-0.39, 0.29) is 12.4 Å². The predicted molar refractivity (Wildman–Crippen MR) is 61.0 cm³/mol. The van der Waals surface area contributed by atoms with Crippen molar-refractivity contribution in [1.29, 1.82) is 0 Å². The normalized spacial score (nSPS) is 18.3. The maximum Gasteiger partial charge on any atom is 0.172 e. The maximum atomic E-state index is 11.4. The highest BCUT2D eigenvalue weighted by atomic mass is 16.5. The number of carbonyl (C=O) groups is 1. The fraction of sp³-hybridized carbons (Fsp3) is 0.917. The molecule has 0 aromatic carbocycles. The molecule has 0 atom stereocenters. The molecular formula is C12H23NO2. The molecule has 1 fully saturated rings. The summed E-state index contributed by atoms with van der Waals surface area (Å²) in [4.78, 5) is 11.4. The summed E-state index contributed by atoms with van der Waals surface area (Å²) in [5.74, 6) is 0.161. The first-order chi connectivity index (χ1) is 7.18. The molecule has 3 heteroatoms. The van der Waals surface area contributed by atoms with E-state index in [0.29, 0.717) is 18.7 Å². The van der Waals surface area contributed by atoms with Gasteiger partial charge in [-0.2, -0.15) is 0 Å². The van der Waals surface area contributed by atoms with Crippen molar-refractivity contribution in [3.8, 4) is 0 Å². The van der Waals surface area contributed by atoms with Gasteiger partial charge in [0.1, 0.15) is 6.61 Å². The summed E-state index contributed by atoms with van der Waals surface area (Å²) >= 11 is 0. The van der Waals surface area contributed by atoms with E-state index in [1.807, 2.05) is 13.8 Å². The van der Waals surface area contributed by atoms with Crippen LogP contribution in [0, 0.1) is 0 Å². The van der Waals surface area contributed by atoms with Crippen LogP contribution in [0.15, 0.2) is 0 Å². The minimum atomic E-state index is 0.161. The van der Waals surface area contributed by atoms with Crippen LogP contribution in [0.4, 0.5) is 0 Å². The van der Waals surface area contributed by atoms with Crippen molar-refractivity contribution >= 4 is 5.78 Å². The summed E-state index contributed by atoms with van der Waals surface area (Å²) in [6.07, 6.45) is 6.42. The highest BCUT2D eigenvalue weighted by Crippen LogP contribution is 2.19. The third-order valence-electron chi connectivity index (χ3n) is 2.74. The SMILES string of the molecule is CC(C)NCC(=O)COC1CCCCC1. The zero-order chi connectivity index (χ0) is 11.1. The van der Waals surface area contributed by atoms with E-state index in [4.69, 9.17) is 4.74 Å². The average Bonchev–Trinajstić information content (AvgIpc) is 2.25. The standard InChI is InChI=1S/C12H23NO2/c1-10(2)13-8-11(14)9-15-12-6-4-3-5-7-12/h10,12-13H,3-9H2,1-2H3. The highest BCUT2D eigenvalue weighted by molar-refractivity contribution is 5.81. The van der Waals surface area contributed by atoms with Gasteiger partial charge in [-0.1, -0.05) is 33.1 Å². The second-order valence-corrected chi connectivity index (χ2v) is 4.65. The molecule has 1 N–H and O–H groups in total. The zero-order valence-electron chi connectivity index (χ0n) is 9.92. The Balaban J connectivity index is 2.05. The molecule has 0 unspecified atom stereocenters. The maximum absolute atomic E-state index is 11.4. The van der Waals surface area contributed by atoms with Crippen LogP contribution in [0.1, 0.15) is 46.0 Å². The topological polar surface area (TPSA) is 38.3 Å². The second-order valence-electron chi connectivity index (χ2n) is 4.65. The van der Waals surface area contributed by atoms with Crippen LogP contribution in [-0.4, -0.2) is 31.1 Å². The number of Topliss-reactive ketones (excluding diaryl/α,β-unsaturated/α-hetero) is 1. The summed E-state index contributed by atoms with van der Waals surface area (Å²) in [5, 5.41) is 3.10. The van der Waals surface area contributed by atoms with E-state index < -0.39 is 0 Å². The number of carbonyl (C=O) groups excluding carboxylic acids is 1. The lowest BCUT2D eigenvalue weighted by molar-refractivity contribution is -0.125. The average molecular weight is 213 g/mol. The van der Waals surface area contributed by atoms with Crippen LogP contribution in [0.5, 0.6) is 0 Å². The molecule has 0 aromatic heterocycles. The molecule has 1 saturated carbocycles. The lowest BCUT2D eigenvalue weighted by atomic mass is 9.98. The van der Waals surface area contributed by atoms with Crippen LogP contribution in [0.3, 0.4) is 0 Å². The largest absolute Gasteiger partial charge is 0.370 e. The third-order valence-corrected chi connectivity index (χ3v) is 2.74. The van der Waals surface area contributed by atoms with E-state index in [1.54, 1.807) is 0 Å². The molecule has 1 rings (SSSR count). The minimum absolute atomic E-state index is 0.161. The van der Waals surface area contributed by atoms with E-state index in [1.165, 1.54) is 19.3 Å². The summed E-state index contributed by atoms with van der Waals surface area (Å²) in [5.41, 5.74) is 0. The Morgan fingerprint density at radius 1 is 1.33 bits per heavy atom. The highest BCUT2D eigenvalue weighted by Gasteiger charge is 2.14. The monoisotopic (exact) mass is 213 g/mol. The van der Waals surface area contributed by atoms with Crippen LogP contribution < -0.4 is 5.32 Å². The summed E-state index contributed by atoms with van der Waals surface area (Å²) in [7, 11) is 0. The quantitative estimate of drug-likeness (QED) is 0.732. The van der Waals surface area contributed by atoms with Crippen LogP contribution >= 0.6 is 0 Å². The van der Waals surface area contributed by atoms with Crippen molar-refractivity contribution in [1.82, 2.24) is 5.32 Å². The Morgan fingerprint density at radius 3 is 2.60 bits per heavy atom. The number of hydrogen-bond acceptors (Lipinski definition) is 3. The first kappa shape index (κ1) is 12.7. The van der Waals surface area contributed by atoms with E-state index in [9.17, 15) is 4.79 Å². The minimum Gasteiger partial charge on any atom is -0.370 e. The predicted octanol–water partition coefficient (Wildman–Crippen LogP) is 1.90. The van der Waals surface area contributed by atoms with Gasteiger partial charge in [0.05, 0.1) is 12.6 Å². The molecule has 0 spiro atoms. The number of nitrogens with one attached hydrogen (secondary N) is 1. The summed E-state index contributed by atoms with van der Waals surface area (Å²) in [6, 6.07) is 0.364. The van der Waals surface area contributed by atoms with E-state index in [2.05, 4.69) is 5.32 Å². The van der Waals surface area contributed by atoms with Gasteiger partial charge in [-0.25, -0.2) is 0 Å². The summed E-state index contributed by atoms with van der Waals surface area (Å²) in [6.45, 7) is 4.79. The van der Waals surface area contributed by atoms with Crippen molar-refractivity contribution < 1.29 is 9.53 Å². The smallest absolute Gasteiger partial charge is 0.172 e. The molecule has 1 aliphatic carbocycles. The Morgan fingerprint density at radius 2 is 2.00 bits per heavy atom. The van der Waals surface area contributed by atoms with Crippen LogP contribution in [-0.2, 0) is 9.53 Å². The number of ketones is 1. The summed E-state index contributed by atoms with van der Waals surface area (Å²) < 4.78 is 5.59. The molecule has 1 aliphatic rings. The Kier molecular flexibility index (Phi) is 5.88. The molecule has 0 aromatic rings. The molecule has 0 bridgehead atoms. The fourth-order valence-electron chi connectivity index (χ4n) is 1.81. The molecule has 0 radical (unpaired) electrons. The molecular weight excluding hydrogens is 190 g/mol. The van der Waals surface area contributed by atoms with Gasteiger partial charge in [0, 0.05) is 6.04 Å². The van der Waals surface area contributed by atoms with Gasteiger partial charge in [-0.05, 0) is 12.8 Å². The first-order valence-corrected chi connectivity index (χ1v) is 6.05.